The monoisotopic (exact) mass is 281 g/mol. The van der Waals surface area contributed by atoms with E-state index in [1.807, 2.05) is 48.5 Å². The molecule has 2 aromatic carbocycles. The lowest BCUT2D eigenvalue weighted by atomic mass is 10.2. The molecule has 0 aliphatic rings. The molecule has 0 atom stereocenters. The molecule has 0 aliphatic carbocycles. The summed E-state index contributed by atoms with van der Waals surface area (Å²) in [7, 11) is 0. The molecule has 0 bridgehead atoms. The molecule has 0 heterocycles. The van der Waals surface area contributed by atoms with E-state index >= 15 is 0 Å². The molecule has 0 saturated heterocycles. The molecule has 108 valence electrons. The van der Waals surface area contributed by atoms with Crippen molar-refractivity contribution in [1.29, 1.82) is 5.26 Å². The highest BCUT2D eigenvalue weighted by Crippen LogP contribution is 2.24. The number of hydrogen-bond acceptors (Lipinski definition) is 3. The zero-order valence-electron chi connectivity index (χ0n) is 12.2. The third kappa shape index (κ3) is 4.85. The molecular weight excluding hydrogens is 262 g/mol. The Morgan fingerprint density at radius 1 is 0.905 bits per heavy atom. The smallest absolute Gasteiger partial charge is 0.127 e. The van der Waals surface area contributed by atoms with Gasteiger partial charge in [-0.3, -0.25) is 0 Å². The van der Waals surface area contributed by atoms with E-state index in [9.17, 15) is 0 Å². The molecule has 0 unspecified atom stereocenters. The number of ether oxygens (including phenoxy) is 2. The number of nitriles is 1. The molecule has 0 fully saturated rings. The van der Waals surface area contributed by atoms with Crippen molar-refractivity contribution in [1.82, 2.24) is 0 Å². The van der Waals surface area contributed by atoms with E-state index in [-0.39, 0.29) is 0 Å². The third-order valence-electron chi connectivity index (χ3n) is 3.03. The molecule has 0 aromatic heterocycles. The molecule has 0 N–H and O–H groups in total. The summed E-state index contributed by atoms with van der Waals surface area (Å²) in [4.78, 5) is 0. The SMILES string of the molecule is CCCCOc1ccc(Oc2ccc(CC#N)cc2)cc1. The number of rotatable bonds is 7. The summed E-state index contributed by atoms with van der Waals surface area (Å²) >= 11 is 0. The second-order valence-corrected chi connectivity index (χ2v) is 4.75. The average Bonchev–Trinajstić information content (AvgIpc) is 2.51. The van der Waals surface area contributed by atoms with Crippen molar-refractivity contribution in [2.24, 2.45) is 0 Å². The summed E-state index contributed by atoms with van der Waals surface area (Å²) in [5.41, 5.74) is 0.990. The van der Waals surface area contributed by atoms with Gasteiger partial charge in [-0.1, -0.05) is 25.5 Å². The van der Waals surface area contributed by atoms with E-state index in [4.69, 9.17) is 14.7 Å². The Morgan fingerprint density at radius 2 is 1.48 bits per heavy atom. The summed E-state index contributed by atoms with van der Waals surface area (Å²) in [5.74, 6) is 2.39. The van der Waals surface area contributed by atoms with E-state index in [1.165, 1.54) is 0 Å². The maximum absolute atomic E-state index is 8.63. The highest BCUT2D eigenvalue weighted by atomic mass is 16.5. The van der Waals surface area contributed by atoms with Crippen LogP contribution in [-0.2, 0) is 6.42 Å². The molecule has 2 rings (SSSR count). The second-order valence-electron chi connectivity index (χ2n) is 4.75. The van der Waals surface area contributed by atoms with Gasteiger partial charge in [0, 0.05) is 0 Å². The standard InChI is InChI=1S/C18H19NO2/c1-2-3-14-20-16-8-10-18(11-9-16)21-17-6-4-15(5-7-17)12-13-19/h4-11H,2-3,12,14H2,1H3. The van der Waals surface area contributed by atoms with E-state index in [1.54, 1.807) is 0 Å². The summed E-state index contributed by atoms with van der Waals surface area (Å²) in [5, 5.41) is 8.63. The first-order valence-corrected chi connectivity index (χ1v) is 7.18. The summed E-state index contributed by atoms with van der Waals surface area (Å²) in [6.07, 6.45) is 2.61. The van der Waals surface area contributed by atoms with Crippen LogP contribution in [0, 0.1) is 11.3 Å². The number of hydrogen-bond donors (Lipinski definition) is 0. The zero-order valence-corrected chi connectivity index (χ0v) is 12.2. The molecule has 21 heavy (non-hydrogen) atoms. The van der Waals surface area contributed by atoms with Gasteiger partial charge in [0.05, 0.1) is 19.1 Å². The largest absolute Gasteiger partial charge is 0.494 e. The first-order valence-electron chi connectivity index (χ1n) is 7.18. The van der Waals surface area contributed by atoms with Gasteiger partial charge in [0.15, 0.2) is 0 Å². The Labute approximate surface area is 125 Å². The van der Waals surface area contributed by atoms with Crippen molar-refractivity contribution >= 4 is 0 Å². The average molecular weight is 281 g/mol. The van der Waals surface area contributed by atoms with Crippen molar-refractivity contribution in [3.8, 4) is 23.3 Å². The van der Waals surface area contributed by atoms with Gasteiger partial charge in [-0.2, -0.15) is 5.26 Å². The van der Waals surface area contributed by atoms with E-state index < -0.39 is 0 Å². The van der Waals surface area contributed by atoms with E-state index in [2.05, 4.69) is 13.0 Å². The molecule has 2 aromatic rings. The van der Waals surface area contributed by atoms with Gasteiger partial charge in [0.2, 0.25) is 0 Å². The lowest BCUT2D eigenvalue weighted by molar-refractivity contribution is 0.309. The second kappa shape index (κ2) is 7.96. The molecule has 0 amide bonds. The van der Waals surface area contributed by atoms with Crippen LogP contribution >= 0.6 is 0 Å². The number of benzene rings is 2. The minimum Gasteiger partial charge on any atom is -0.494 e. The van der Waals surface area contributed by atoms with Crippen LogP contribution in [0.15, 0.2) is 48.5 Å². The summed E-state index contributed by atoms with van der Waals surface area (Å²) in [6.45, 7) is 2.89. The van der Waals surface area contributed by atoms with Gasteiger partial charge in [-0.15, -0.1) is 0 Å². The van der Waals surface area contributed by atoms with Gasteiger partial charge in [0.1, 0.15) is 17.2 Å². The van der Waals surface area contributed by atoms with Crippen LogP contribution in [0.5, 0.6) is 17.2 Å². The Morgan fingerprint density at radius 3 is 2.05 bits per heavy atom. The fourth-order valence-corrected chi connectivity index (χ4v) is 1.84. The Kier molecular flexibility index (Phi) is 5.66. The van der Waals surface area contributed by atoms with Gasteiger partial charge in [-0.25, -0.2) is 0 Å². The van der Waals surface area contributed by atoms with Gasteiger partial charge in [-0.05, 0) is 48.4 Å². The maximum atomic E-state index is 8.63. The fraction of sp³-hybridized carbons (Fsp3) is 0.278. The van der Waals surface area contributed by atoms with Crippen LogP contribution in [0.3, 0.4) is 0 Å². The molecule has 0 radical (unpaired) electrons. The van der Waals surface area contributed by atoms with E-state index in [0.717, 1.165) is 42.3 Å². The predicted octanol–water partition coefficient (Wildman–Crippen LogP) is 4.72. The lowest BCUT2D eigenvalue weighted by Crippen LogP contribution is -1.96. The van der Waals surface area contributed by atoms with Crippen LogP contribution in [0.1, 0.15) is 25.3 Å². The van der Waals surface area contributed by atoms with Gasteiger partial charge >= 0.3 is 0 Å². The highest BCUT2D eigenvalue weighted by Gasteiger charge is 1.99. The van der Waals surface area contributed by atoms with Crippen molar-refractivity contribution in [3.05, 3.63) is 54.1 Å². The first-order chi connectivity index (χ1) is 10.3. The highest BCUT2D eigenvalue weighted by molar-refractivity contribution is 5.36. The molecule has 0 spiro atoms. The molecule has 3 nitrogen and oxygen atoms in total. The quantitative estimate of drug-likeness (QED) is 0.689. The van der Waals surface area contributed by atoms with Crippen molar-refractivity contribution in [2.75, 3.05) is 6.61 Å². The fourth-order valence-electron chi connectivity index (χ4n) is 1.84. The minimum absolute atomic E-state index is 0.421. The molecule has 3 heteroatoms. The van der Waals surface area contributed by atoms with Gasteiger partial charge < -0.3 is 9.47 Å². The normalized spacial score (nSPS) is 9.90. The lowest BCUT2D eigenvalue weighted by Gasteiger charge is -2.08. The Balaban J connectivity index is 1.92. The van der Waals surface area contributed by atoms with Crippen molar-refractivity contribution in [2.45, 2.75) is 26.2 Å². The Bertz CT molecular complexity index is 582. The van der Waals surface area contributed by atoms with Crippen LogP contribution in [0.25, 0.3) is 0 Å². The predicted molar refractivity (Wildman–Crippen MR) is 82.7 cm³/mol. The minimum atomic E-state index is 0.421. The number of unbranched alkanes of at least 4 members (excludes halogenated alkanes) is 1. The van der Waals surface area contributed by atoms with Crippen molar-refractivity contribution < 1.29 is 9.47 Å². The van der Waals surface area contributed by atoms with E-state index in [0.29, 0.717) is 6.42 Å². The summed E-state index contributed by atoms with van der Waals surface area (Å²) < 4.78 is 11.4. The molecule has 0 saturated carbocycles. The maximum Gasteiger partial charge on any atom is 0.127 e. The molecule has 0 aliphatic heterocycles. The van der Waals surface area contributed by atoms with Gasteiger partial charge in [0.25, 0.3) is 0 Å². The molecular formula is C18H19NO2. The Hall–Kier alpha value is -2.47. The first kappa shape index (κ1) is 14.9. The van der Waals surface area contributed by atoms with Crippen LogP contribution < -0.4 is 9.47 Å². The third-order valence-corrected chi connectivity index (χ3v) is 3.03. The zero-order chi connectivity index (χ0) is 14.9. The van der Waals surface area contributed by atoms with Crippen LogP contribution in [0.4, 0.5) is 0 Å². The van der Waals surface area contributed by atoms with Crippen molar-refractivity contribution in [3.63, 3.8) is 0 Å². The topological polar surface area (TPSA) is 42.2 Å². The number of nitrogens with zero attached hydrogens (tertiary/aromatic N) is 1. The van der Waals surface area contributed by atoms with Crippen LogP contribution in [-0.4, -0.2) is 6.61 Å². The summed E-state index contributed by atoms with van der Waals surface area (Å²) in [6, 6.07) is 17.3. The van der Waals surface area contributed by atoms with Crippen LogP contribution in [0.2, 0.25) is 0 Å².